The number of hydrogen-bond acceptors (Lipinski definition) is 3. The van der Waals surface area contributed by atoms with Crippen molar-refractivity contribution >= 4 is 54.1 Å². The van der Waals surface area contributed by atoms with E-state index in [-0.39, 0.29) is 0 Å². The predicted molar refractivity (Wildman–Crippen MR) is 254 cm³/mol. The Bertz CT molecular complexity index is 3570. The van der Waals surface area contributed by atoms with Crippen molar-refractivity contribution in [3.8, 4) is 62.1 Å². The van der Waals surface area contributed by atoms with Crippen molar-refractivity contribution < 1.29 is 0 Å². The van der Waals surface area contributed by atoms with Crippen LogP contribution in [-0.2, 0) is 0 Å². The molecule has 2 heterocycles. The molecule has 12 aromatic rings. The van der Waals surface area contributed by atoms with Crippen molar-refractivity contribution in [3.63, 3.8) is 0 Å². The molecular formula is C57H36N4. The van der Waals surface area contributed by atoms with Crippen LogP contribution >= 0.6 is 0 Å². The summed E-state index contributed by atoms with van der Waals surface area (Å²) < 4.78 is 2.43. The van der Waals surface area contributed by atoms with E-state index in [9.17, 15) is 0 Å². The maximum Gasteiger partial charge on any atom is 0.164 e. The van der Waals surface area contributed by atoms with E-state index in [2.05, 4.69) is 187 Å². The number of rotatable bonds is 6. The lowest BCUT2D eigenvalue weighted by molar-refractivity contribution is 1.07. The van der Waals surface area contributed by atoms with Crippen LogP contribution in [0.3, 0.4) is 0 Å². The van der Waals surface area contributed by atoms with Crippen molar-refractivity contribution in [1.82, 2.24) is 19.5 Å². The first-order valence-corrected chi connectivity index (χ1v) is 20.7. The minimum absolute atomic E-state index is 0.620. The minimum Gasteiger partial charge on any atom is -0.309 e. The average molecular weight is 777 g/mol. The second-order valence-corrected chi connectivity index (χ2v) is 15.5. The highest BCUT2D eigenvalue weighted by atomic mass is 15.0. The van der Waals surface area contributed by atoms with E-state index < -0.39 is 0 Å². The van der Waals surface area contributed by atoms with Crippen molar-refractivity contribution in [1.29, 1.82) is 0 Å². The van der Waals surface area contributed by atoms with Crippen LogP contribution in [0.4, 0.5) is 0 Å². The van der Waals surface area contributed by atoms with Gasteiger partial charge in [0.05, 0.1) is 11.0 Å². The largest absolute Gasteiger partial charge is 0.309 e. The van der Waals surface area contributed by atoms with Crippen LogP contribution in [0, 0.1) is 0 Å². The molecule has 2 aromatic heterocycles. The quantitative estimate of drug-likeness (QED) is 0.158. The summed E-state index contributed by atoms with van der Waals surface area (Å²) >= 11 is 0. The Kier molecular flexibility index (Phi) is 8.13. The highest BCUT2D eigenvalue weighted by molar-refractivity contribution is 6.27. The maximum atomic E-state index is 5.25. The van der Waals surface area contributed by atoms with Gasteiger partial charge in [0.1, 0.15) is 0 Å². The van der Waals surface area contributed by atoms with Gasteiger partial charge in [0, 0.05) is 38.7 Å². The van der Waals surface area contributed by atoms with E-state index in [4.69, 9.17) is 15.0 Å². The van der Waals surface area contributed by atoms with E-state index in [1.54, 1.807) is 0 Å². The van der Waals surface area contributed by atoms with Gasteiger partial charge in [0.15, 0.2) is 17.5 Å². The molecule has 0 saturated carbocycles. The number of para-hydroxylation sites is 3. The SMILES string of the molecule is c1ccc(-c2nc(-c3ccccc3)nc(-c3ccccc3-c3cc4c5ccccc5c5ccccc5c4cc3-c3cccc4c5ccccc5n(-c5ccccc5)c34)n2)cc1. The lowest BCUT2D eigenvalue weighted by atomic mass is 9.85. The highest BCUT2D eigenvalue weighted by Crippen LogP contribution is 2.47. The molecule has 0 aliphatic heterocycles. The van der Waals surface area contributed by atoms with Crippen LogP contribution in [0.5, 0.6) is 0 Å². The van der Waals surface area contributed by atoms with E-state index in [1.165, 1.54) is 48.6 Å². The zero-order chi connectivity index (χ0) is 40.3. The van der Waals surface area contributed by atoms with Crippen molar-refractivity contribution in [2.24, 2.45) is 0 Å². The number of aromatic nitrogens is 4. The summed E-state index contributed by atoms with van der Waals surface area (Å²) in [5.74, 6) is 1.88. The smallest absolute Gasteiger partial charge is 0.164 e. The number of fused-ring (bicyclic) bond motifs is 9. The van der Waals surface area contributed by atoms with Crippen LogP contribution in [0.25, 0.3) is 116 Å². The number of nitrogens with zero attached hydrogens (tertiary/aromatic N) is 4. The second-order valence-electron chi connectivity index (χ2n) is 15.5. The average Bonchev–Trinajstić information content (AvgIpc) is 3.69. The van der Waals surface area contributed by atoms with E-state index >= 15 is 0 Å². The van der Waals surface area contributed by atoms with Crippen molar-refractivity contribution in [3.05, 3.63) is 218 Å². The van der Waals surface area contributed by atoms with Crippen LogP contribution in [0.15, 0.2) is 218 Å². The third-order valence-electron chi connectivity index (χ3n) is 12.0. The molecule has 4 nitrogen and oxygen atoms in total. The molecule has 0 atom stereocenters. The van der Waals surface area contributed by atoms with E-state index in [0.29, 0.717) is 17.5 Å². The summed E-state index contributed by atoms with van der Waals surface area (Å²) in [6.07, 6.45) is 0. The molecule has 12 rings (SSSR count). The Morgan fingerprint density at radius 3 is 1.26 bits per heavy atom. The molecule has 0 amide bonds. The monoisotopic (exact) mass is 776 g/mol. The Hall–Kier alpha value is -8.21. The lowest BCUT2D eigenvalue weighted by Gasteiger charge is -2.20. The van der Waals surface area contributed by atoms with Crippen LogP contribution in [0.2, 0.25) is 0 Å². The molecular weight excluding hydrogens is 741 g/mol. The molecule has 4 heteroatoms. The van der Waals surface area contributed by atoms with Gasteiger partial charge >= 0.3 is 0 Å². The number of benzene rings is 10. The van der Waals surface area contributed by atoms with Crippen molar-refractivity contribution in [2.45, 2.75) is 0 Å². The minimum atomic E-state index is 0.620. The molecule has 0 fully saturated rings. The van der Waals surface area contributed by atoms with Gasteiger partial charge in [-0.1, -0.05) is 188 Å². The fraction of sp³-hybridized carbons (Fsp3) is 0. The van der Waals surface area contributed by atoms with Gasteiger partial charge in [-0.3, -0.25) is 0 Å². The Labute approximate surface area is 352 Å². The lowest BCUT2D eigenvalue weighted by Crippen LogP contribution is -2.01. The fourth-order valence-electron chi connectivity index (χ4n) is 9.32. The molecule has 0 saturated heterocycles. The van der Waals surface area contributed by atoms with Crippen LogP contribution in [-0.4, -0.2) is 19.5 Å². The highest BCUT2D eigenvalue weighted by Gasteiger charge is 2.23. The molecule has 0 aliphatic carbocycles. The van der Waals surface area contributed by atoms with Gasteiger partial charge in [-0.25, -0.2) is 15.0 Å². The third kappa shape index (κ3) is 5.72. The first-order chi connectivity index (χ1) is 30.3. The molecule has 0 aliphatic rings. The molecule has 0 N–H and O–H groups in total. The van der Waals surface area contributed by atoms with Crippen LogP contribution in [0.1, 0.15) is 0 Å². The summed E-state index contributed by atoms with van der Waals surface area (Å²) in [6, 6.07) is 77.7. The zero-order valence-corrected chi connectivity index (χ0v) is 33.1. The molecule has 61 heavy (non-hydrogen) atoms. The standard InChI is InChI=1S/C57H36N4/c1-4-19-37(20-5-1)55-58-56(38-21-6-2-7-22-38)60-57(59-55)48-31-15-14-29-44(48)51-35-49-42-27-12-10-25-40(42)41-26-11-13-28-43(41)50(49)36-52(51)47-33-18-32-46-45-30-16-17-34-53(45)61(54(46)47)39-23-8-3-9-24-39/h1-36H. The Morgan fingerprint density at radius 2 is 0.672 bits per heavy atom. The molecule has 0 radical (unpaired) electrons. The molecule has 0 unspecified atom stereocenters. The normalized spacial score (nSPS) is 11.6. The van der Waals surface area contributed by atoms with Gasteiger partial charge in [-0.15, -0.1) is 0 Å². The van der Waals surface area contributed by atoms with Gasteiger partial charge < -0.3 is 4.57 Å². The number of hydrogen-bond donors (Lipinski definition) is 0. The first kappa shape index (κ1) is 34.8. The fourth-order valence-corrected chi connectivity index (χ4v) is 9.32. The van der Waals surface area contributed by atoms with E-state index in [1.807, 2.05) is 36.4 Å². The summed E-state index contributed by atoms with van der Waals surface area (Å²) in [6.45, 7) is 0. The molecule has 0 bridgehead atoms. The first-order valence-electron chi connectivity index (χ1n) is 20.7. The second kappa shape index (κ2) is 14.3. The molecule has 0 spiro atoms. The van der Waals surface area contributed by atoms with Gasteiger partial charge in [-0.05, 0) is 79.3 Å². The Morgan fingerprint density at radius 1 is 0.262 bits per heavy atom. The maximum absolute atomic E-state index is 5.25. The molecule has 284 valence electrons. The van der Waals surface area contributed by atoms with Crippen molar-refractivity contribution in [2.75, 3.05) is 0 Å². The summed E-state index contributed by atoms with van der Waals surface area (Å²) in [5, 5.41) is 9.76. The zero-order valence-electron chi connectivity index (χ0n) is 33.1. The van der Waals surface area contributed by atoms with Gasteiger partial charge in [0.25, 0.3) is 0 Å². The molecule has 10 aromatic carbocycles. The third-order valence-corrected chi connectivity index (χ3v) is 12.0. The van der Waals surface area contributed by atoms with Crippen LogP contribution < -0.4 is 0 Å². The summed E-state index contributed by atoms with van der Waals surface area (Å²) in [5.41, 5.74) is 10.7. The van der Waals surface area contributed by atoms with Gasteiger partial charge in [0.2, 0.25) is 0 Å². The summed E-state index contributed by atoms with van der Waals surface area (Å²) in [4.78, 5) is 15.5. The Balaban J connectivity index is 1.22. The van der Waals surface area contributed by atoms with E-state index in [0.717, 1.165) is 50.1 Å². The van der Waals surface area contributed by atoms with Gasteiger partial charge in [-0.2, -0.15) is 0 Å². The summed E-state index contributed by atoms with van der Waals surface area (Å²) in [7, 11) is 0. The predicted octanol–water partition coefficient (Wildman–Crippen LogP) is 14.8. The topological polar surface area (TPSA) is 43.6 Å².